The maximum Gasteiger partial charge on any atom is 0.337 e. The Labute approximate surface area is 96.8 Å². The highest BCUT2D eigenvalue weighted by Gasteiger charge is 2.11. The number of aryl methyl sites for hydroxylation is 1. The Balaban J connectivity index is 2.95. The SMILES string of the molecule is C=C(C)c1nc2oc(=O)cc(CC)c2c(=O)[nH]1. The summed E-state index contributed by atoms with van der Waals surface area (Å²) in [6.07, 6.45) is 0.569. The largest absolute Gasteiger partial charge is 0.403 e. The molecule has 0 radical (unpaired) electrons. The molecule has 0 aliphatic rings. The average molecular weight is 232 g/mol. The van der Waals surface area contributed by atoms with Crippen molar-refractivity contribution in [2.24, 2.45) is 0 Å². The molecule has 0 fully saturated rings. The van der Waals surface area contributed by atoms with E-state index in [0.717, 1.165) is 0 Å². The summed E-state index contributed by atoms with van der Waals surface area (Å²) >= 11 is 0. The van der Waals surface area contributed by atoms with Gasteiger partial charge in [-0.25, -0.2) is 4.79 Å². The Morgan fingerprint density at radius 3 is 2.82 bits per heavy atom. The Kier molecular flexibility index (Phi) is 2.67. The second kappa shape index (κ2) is 4.01. The summed E-state index contributed by atoms with van der Waals surface area (Å²) in [7, 11) is 0. The Bertz CT molecular complexity index is 710. The van der Waals surface area contributed by atoms with Crippen LogP contribution in [0.1, 0.15) is 25.2 Å². The first-order valence-corrected chi connectivity index (χ1v) is 5.26. The van der Waals surface area contributed by atoms with Crippen LogP contribution in [0.25, 0.3) is 16.7 Å². The minimum Gasteiger partial charge on any atom is -0.403 e. The van der Waals surface area contributed by atoms with Gasteiger partial charge in [0, 0.05) is 6.07 Å². The highest BCUT2D eigenvalue weighted by atomic mass is 16.4. The number of allylic oxidation sites excluding steroid dienone is 1. The molecule has 1 N–H and O–H groups in total. The third-order valence-electron chi connectivity index (χ3n) is 2.48. The number of H-pyrrole nitrogens is 1. The summed E-state index contributed by atoms with van der Waals surface area (Å²) in [5, 5.41) is 0.331. The molecule has 0 saturated carbocycles. The molecule has 0 aliphatic carbocycles. The van der Waals surface area contributed by atoms with Crippen molar-refractivity contribution in [2.75, 3.05) is 0 Å². The smallest absolute Gasteiger partial charge is 0.337 e. The van der Waals surface area contributed by atoms with Crippen molar-refractivity contribution in [3.8, 4) is 0 Å². The first-order chi connectivity index (χ1) is 8.02. The van der Waals surface area contributed by atoms with Gasteiger partial charge in [-0.15, -0.1) is 0 Å². The van der Waals surface area contributed by atoms with Crippen molar-refractivity contribution in [3.63, 3.8) is 0 Å². The van der Waals surface area contributed by atoms with Crippen LogP contribution in [0.3, 0.4) is 0 Å². The normalized spacial score (nSPS) is 10.7. The van der Waals surface area contributed by atoms with Gasteiger partial charge in [0.25, 0.3) is 5.56 Å². The molecule has 5 heteroatoms. The molecule has 2 heterocycles. The first-order valence-electron chi connectivity index (χ1n) is 5.26. The molecule has 2 aromatic heterocycles. The topological polar surface area (TPSA) is 76.0 Å². The Morgan fingerprint density at radius 2 is 2.24 bits per heavy atom. The van der Waals surface area contributed by atoms with Crippen LogP contribution in [0.5, 0.6) is 0 Å². The first kappa shape index (κ1) is 11.3. The van der Waals surface area contributed by atoms with E-state index in [4.69, 9.17) is 4.42 Å². The van der Waals surface area contributed by atoms with Gasteiger partial charge in [-0.2, -0.15) is 4.98 Å². The van der Waals surface area contributed by atoms with Gasteiger partial charge in [-0.3, -0.25) is 4.79 Å². The number of rotatable bonds is 2. The molecule has 0 unspecified atom stereocenters. The van der Waals surface area contributed by atoms with Gasteiger partial charge in [-0.05, 0) is 24.5 Å². The molecule has 5 nitrogen and oxygen atoms in total. The molecule has 0 aromatic carbocycles. The number of fused-ring (bicyclic) bond motifs is 1. The second-order valence-corrected chi connectivity index (χ2v) is 3.82. The summed E-state index contributed by atoms with van der Waals surface area (Å²) in [4.78, 5) is 29.9. The lowest BCUT2D eigenvalue weighted by Gasteiger charge is -2.03. The van der Waals surface area contributed by atoms with Gasteiger partial charge in [0.05, 0.1) is 0 Å². The Morgan fingerprint density at radius 1 is 1.53 bits per heavy atom. The molecule has 0 saturated heterocycles. The molecule has 0 atom stereocenters. The standard InChI is InChI=1S/C12H12N2O3/c1-4-7-5-8(15)17-12-9(7)11(16)13-10(14-12)6(2)3/h5H,2,4H2,1,3H3,(H,13,14,16). The van der Waals surface area contributed by atoms with E-state index in [1.807, 2.05) is 6.92 Å². The molecule has 0 amide bonds. The maximum atomic E-state index is 11.9. The predicted molar refractivity (Wildman–Crippen MR) is 65.0 cm³/mol. The fraction of sp³-hybridized carbons (Fsp3) is 0.250. The molecule has 2 rings (SSSR count). The van der Waals surface area contributed by atoms with Crippen molar-refractivity contribution < 1.29 is 4.42 Å². The summed E-state index contributed by atoms with van der Waals surface area (Å²) in [6, 6.07) is 1.32. The van der Waals surface area contributed by atoms with Crippen LogP contribution in [-0.2, 0) is 6.42 Å². The van der Waals surface area contributed by atoms with Crippen LogP contribution in [0.2, 0.25) is 0 Å². The lowest BCUT2D eigenvalue weighted by atomic mass is 10.1. The van der Waals surface area contributed by atoms with Gasteiger partial charge in [0.15, 0.2) is 0 Å². The van der Waals surface area contributed by atoms with Crippen LogP contribution in [0.4, 0.5) is 0 Å². The van der Waals surface area contributed by atoms with E-state index in [1.54, 1.807) is 6.92 Å². The molecule has 0 bridgehead atoms. The molecule has 0 spiro atoms. The summed E-state index contributed by atoms with van der Waals surface area (Å²) < 4.78 is 4.95. The molecular weight excluding hydrogens is 220 g/mol. The molecule has 88 valence electrons. The second-order valence-electron chi connectivity index (χ2n) is 3.82. The van der Waals surface area contributed by atoms with Gasteiger partial charge >= 0.3 is 5.63 Å². The highest BCUT2D eigenvalue weighted by molar-refractivity contribution is 5.76. The molecule has 2 aromatic rings. The van der Waals surface area contributed by atoms with E-state index in [1.165, 1.54) is 6.07 Å². The monoisotopic (exact) mass is 232 g/mol. The molecule has 0 aliphatic heterocycles. The van der Waals surface area contributed by atoms with Crippen LogP contribution < -0.4 is 11.2 Å². The quantitative estimate of drug-likeness (QED) is 0.850. The maximum absolute atomic E-state index is 11.9. The average Bonchev–Trinajstić information content (AvgIpc) is 2.26. The van der Waals surface area contributed by atoms with Crippen molar-refractivity contribution >= 4 is 16.7 Å². The van der Waals surface area contributed by atoms with E-state index in [0.29, 0.717) is 28.8 Å². The Hall–Kier alpha value is -2.17. The highest BCUT2D eigenvalue weighted by Crippen LogP contribution is 2.13. The lowest BCUT2D eigenvalue weighted by molar-refractivity contribution is 0.545. The predicted octanol–water partition coefficient (Wildman–Crippen LogP) is 1.47. The summed E-state index contributed by atoms with van der Waals surface area (Å²) in [6.45, 7) is 7.26. The summed E-state index contributed by atoms with van der Waals surface area (Å²) in [5.41, 5.74) is 0.497. The zero-order valence-corrected chi connectivity index (χ0v) is 9.66. The number of hydrogen-bond donors (Lipinski definition) is 1. The van der Waals surface area contributed by atoms with Gasteiger partial charge < -0.3 is 9.40 Å². The number of aromatic amines is 1. The van der Waals surface area contributed by atoms with Crippen LogP contribution >= 0.6 is 0 Å². The van der Waals surface area contributed by atoms with Crippen LogP contribution in [0, 0.1) is 0 Å². The summed E-state index contributed by atoms with van der Waals surface area (Å²) in [5.74, 6) is 0.332. The van der Waals surface area contributed by atoms with Crippen molar-refractivity contribution in [3.05, 3.63) is 44.8 Å². The number of aromatic nitrogens is 2. The number of nitrogens with one attached hydrogen (secondary N) is 1. The van der Waals surface area contributed by atoms with Gasteiger partial charge in [0.2, 0.25) is 5.71 Å². The van der Waals surface area contributed by atoms with Crippen molar-refractivity contribution in [1.82, 2.24) is 9.97 Å². The van der Waals surface area contributed by atoms with Crippen molar-refractivity contribution in [2.45, 2.75) is 20.3 Å². The van der Waals surface area contributed by atoms with Crippen molar-refractivity contribution in [1.29, 1.82) is 0 Å². The lowest BCUT2D eigenvalue weighted by Crippen LogP contribution is -2.15. The number of hydrogen-bond acceptors (Lipinski definition) is 4. The van der Waals surface area contributed by atoms with Gasteiger partial charge in [-0.1, -0.05) is 13.5 Å². The van der Waals surface area contributed by atoms with Crippen LogP contribution in [0.15, 0.2) is 26.7 Å². The molecular formula is C12H12N2O3. The zero-order chi connectivity index (χ0) is 12.6. The van der Waals surface area contributed by atoms with E-state index in [-0.39, 0.29) is 11.3 Å². The van der Waals surface area contributed by atoms with Crippen LogP contribution in [-0.4, -0.2) is 9.97 Å². The van der Waals surface area contributed by atoms with E-state index in [9.17, 15) is 9.59 Å². The fourth-order valence-corrected chi connectivity index (χ4v) is 1.63. The number of nitrogens with zero attached hydrogens (tertiary/aromatic N) is 1. The van der Waals surface area contributed by atoms with E-state index >= 15 is 0 Å². The fourth-order valence-electron chi connectivity index (χ4n) is 1.63. The van der Waals surface area contributed by atoms with Gasteiger partial charge in [0.1, 0.15) is 11.2 Å². The molecule has 17 heavy (non-hydrogen) atoms. The van der Waals surface area contributed by atoms with E-state index < -0.39 is 5.63 Å². The third kappa shape index (κ3) is 1.91. The third-order valence-corrected chi connectivity index (χ3v) is 2.48. The zero-order valence-electron chi connectivity index (χ0n) is 9.66. The van der Waals surface area contributed by atoms with E-state index in [2.05, 4.69) is 16.5 Å². The minimum absolute atomic E-state index is 0.0658. The minimum atomic E-state index is -0.500.